The number of nitrogens with zero attached hydrogens (tertiary/aromatic N) is 1. The Morgan fingerprint density at radius 3 is 2.48 bits per heavy atom. The lowest BCUT2D eigenvalue weighted by molar-refractivity contribution is -0.122. The molecule has 154 valence electrons. The summed E-state index contributed by atoms with van der Waals surface area (Å²) in [5.74, 6) is -0.0897. The fraction of sp³-hybridized carbons (Fsp3) is 0.632. The highest BCUT2D eigenvalue weighted by atomic mass is 35.5. The molecule has 2 atom stereocenters. The van der Waals surface area contributed by atoms with Crippen LogP contribution in [0.25, 0.3) is 0 Å². The van der Waals surface area contributed by atoms with Gasteiger partial charge in [0.1, 0.15) is 17.3 Å². The average molecular weight is 424 g/mol. The van der Waals surface area contributed by atoms with Crippen LogP contribution in [0, 0.1) is 23.5 Å². The van der Waals surface area contributed by atoms with Crippen LogP contribution < -0.4 is 15.5 Å². The molecule has 1 aromatic rings. The Labute approximate surface area is 172 Å². The van der Waals surface area contributed by atoms with Crippen LogP contribution in [0.5, 0.6) is 0 Å². The first-order valence-corrected chi connectivity index (χ1v) is 9.23. The zero-order valence-corrected chi connectivity index (χ0v) is 17.2. The van der Waals surface area contributed by atoms with Crippen molar-refractivity contribution >= 4 is 36.4 Å². The van der Waals surface area contributed by atoms with Gasteiger partial charge in [0.25, 0.3) is 0 Å². The summed E-state index contributed by atoms with van der Waals surface area (Å²) in [6.07, 6.45) is 3.48. The molecular formula is C19H29Cl2F2N3O. The Hall–Kier alpha value is -1.11. The second-order valence-corrected chi connectivity index (χ2v) is 7.34. The number of carbonyl (C=O) groups is 1. The molecule has 2 aliphatic heterocycles. The Morgan fingerprint density at radius 1 is 1.22 bits per heavy atom. The van der Waals surface area contributed by atoms with Gasteiger partial charge in [-0.25, -0.2) is 8.78 Å². The summed E-state index contributed by atoms with van der Waals surface area (Å²) in [6, 6.07) is 3.86. The molecule has 0 bridgehead atoms. The molecule has 4 nitrogen and oxygen atoms in total. The van der Waals surface area contributed by atoms with Crippen LogP contribution in [0.1, 0.15) is 32.6 Å². The summed E-state index contributed by atoms with van der Waals surface area (Å²) < 4.78 is 27.8. The van der Waals surface area contributed by atoms with Gasteiger partial charge in [-0.3, -0.25) is 4.79 Å². The van der Waals surface area contributed by atoms with Crippen molar-refractivity contribution in [1.29, 1.82) is 0 Å². The Kier molecular flexibility index (Phi) is 9.77. The van der Waals surface area contributed by atoms with Crippen molar-refractivity contribution in [3.8, 4) is 0 Å². The van der Waals surface area contributed by atoms with Crippen LogP contribution >= 0.6 is 24.8 Å². The summed E-state index contributed by atoms with van der Waals surface area (Å²) in [5.41, 5.74) is 0.0160. The second-order valence-electron chi connectivity index (χ2n) is 7.34. The first-order valence-electron chi connectivity index (χ1n) is 9.23. The standard InChI is InChI=1S/C19H27F2N3O.2ClH/c1-13(14-5-8-22-9-6-14)11-18(25)23-15-7-10-24(12-15)19-16(20)3-2-4-17(19)21;;/h2-4,13-15,22H,5-12H2,1H3,(H,23,25);2*1H. The van der Waals surface area contributed by atoms with Gasteiger partial charge in [-0.2, -0.15) is 0 Å². The highest BCUT2D eigenvalue weighted by Gasteiger charge is 2.29. The quantitative estimate of drug-likeness (QED) is 0.760. The topological polar surface area (TPSA) is 44.4 Å². The first kappa shape index (κ1) is 23.9. The molecule has 8 heteroatoms. The Morgan fingerprint density at radius 2 is 1.85 bits per heavy atom. The molecule has 1 aromatic carbocycles. The summed E-state index contributed by atoms with van der Waals surface area (Å²) >= 11 is 0. The van der Waals surface area contributed by atoms with Crippen LogP contribution in [0.15, 0.2) is 18.2 Å². The van der Waals surface area contributed by atoms with E-state index < -0.39 is 11.6 Å². The van der Waals surface area contributed by atoms with E-state index in [9.17, 15) is 13.6 Å². The number of anilines is 1. The van der Waals surface area contributed by atoms with Gasteiger partial charge in [-0.15, -0.1) is 24.8 Å². The number of hydrogen-bond donors (Lipinski definition) is 2. The molecule has 2 fully saturated rings. The van der Waals surface area contributed by atoms with Gasteiger partial charge in [0.15, 0.2) is 0 Å². The zero-order valence-electron chi connectivity index (χ0n) is 15.5. The molecule has 0 aliphatic carbocycles. The SMILES string of the molecule is CC(CC(=O)NC1CCN(c2c(F)cccc2F)C1)C1CCNCC1.Cl.Cl. The minimum atomic E-state index is -0.550. The van der Waals surface area contributed by atoms with Crippen LogP contribution in [0.3, 0.4) is 0 Å². The van der Waals surface area contributed by atoms with E-state index in [1.807, 2.05) is 0 Å². The van der Waals surface area contributed by atoms with Crippen LogP contribution in [-0.2, 0) is 4.79 Å². The number of nitrogens with one attached hydrogen (secondary N) is 2. The van der Waals surface area contributed by atoms with E-state index in [1.165, 1.54) is 18.2 Å². The molecule has 2 N–H and O–H groups in total. The van der Waals surface area contributed by atoms with Gasteiger partial charge in [-0.1, -0.05) is 13.0 Å². The highest BCUT2D eigenvalue weighted by Crippen LogP contribution is 2.27. The van der Waals surface area contributed by atoms with Crippen molar-refractivity contribution in [2.45, 2.75) is 38.6 Å². The van der Waals surface area contributed by atoms with E-state index in [-0.39, 0.29) is 42.5 Å². The third-order valence-electron chi connectivity index (χ3n) is 5.50. The summed E-state index contributed by atoms with van der Waals surface area (Å²) in [4.78, 5) is 14.0. The molecule has 2 unspecified atom stereocenters. The number of benzene rings is 1. The van der Waals surface area contributed by atoms with Crippen LogP contribution in [0.2, 0.25) is 0 Å². The molecular weight excluding hydrogens is 395 g/mol. The van der Waals surface area contributed by atoms with Gasteiger partial charge >= 0.3 is 0 Å². The predicted octanol–water partition coefficient (Wildman–Crippen LogP) is 3.53. The predicted molar refractivity (Wildman–Crippen MR) is 109 cm³/mol. The lowest BCUT2D eigenvalue weighted by Crippen LogP contribution is -2.39. The lowest BCUT2D eigenvalue weighted by atomic mass is 9.84. The number of carbonyl (C=O) groups excluding carboxylic acids is 1. The summed E-state index contributed by atoms with van der Waals surface area (Å²) in [5, 5.41) is 6.39. The number of halogens is 4. The van der Waals surface area contributed by atoms with Crippen molar-refractivity contribution in [2.75, 3.05) is 31.1 Å². The molecule has 2 saturated heterocycles. The molecule has 3 rings (SSSR count). The number of para-hydroxylation sites is 1. The van der Waals surface area contributed by atoms with Crippen LogP contribution in [0.4, 0.5) is 14.5 Å². The van der Waals surface area contributed by atoms with E-state index in [2.05, 4.69) is 17.6 Å². The normalized spacial score (nSPS) is 21.1. The minimum Gasteiger partial charge on any atom is -0.365 e. The fourth-order valence-electron chi connectivity index (χ4n) is 4.03. The molecule has 0 spiro atoms. The molecule has 27 heavy (non-hydrogen) atoms. The third kappa shape index (κ3) is 6.19. The monoisotopic (exact) mass is 423 g/mol. The largest absolute Gasteiger partial charge is 0.365 e. The zero-order chi connectivity index (χ0) is 17.8. The van der Waals surface area contributed by atoms with Crippen LogP contribution in [-0.4, -0.2) is 38.1 Å². The van der Waals surface area contributed by atoms with Gasteiger partial charge < -0.3 is 15.5 Å². The van der Waals surface area contributed by atoms with Gasteiger partial charge in [0.05, 0.1) is 0 Å². The smallest absolute Gasteiger partial charge is 0.220 e. The molecule has 2 aliphatic rings. The van der Waals surface area contributed by atoms with E-state index in [0.29, 0.717) is 37.8 Å². The highest BCUT2D eigenvalue weighted by molar-refractivity contribution is 5.85. The average Bonchev–Trinajstić information content (AvgIpc) is 3.03. The van der Waals surface area contributed by atoms with E-state index in [0.717, 1.165) is 25.9 Å². The maximum atomic E-state index is 13.9. The second kappa shape index (κ2) is 11.0. The number of rotatable bonds is 5. The van der Waals surface area contributed by atoms with Gasteiger partial charge in [0, 0.05) is 25.6 Å². The van der Waals surface area contributed by atoms with E-state index >= 15 is 0 Å². The number of hydrogen-bond acceptors (Lipinski definition) is 3. The van der Waals surface area contributed by atoms with Gasteiger partial charge in [0.2, 0.25) is 5.91 Å². The molecule has 0 radical (unpaired) electrons. The summed E-state index contributed by atoms with van der Waals surface area (Å²) in [6.45, 7) is 5.20. The lowest BCUT2D eigenvalue weighted by Gasteiger charge is -2.28. The molecule has 0 saturated carbocycles. The fourth-order valence-corrected chi connectivity index (χ4v) is 4.03. The maximum absolute atomic E-state index is 13.9. The van der Waals surface area contributed by atoms with Crippen molar-refractivity contribution < 1.29 is 13.6 Å². The van der Waals surface area contributed by atoms with Crippen molar-refractivity contribution in [2.24, 2.45) is 11.8 Å². The molecule has 2 heterocycles. The maximum Gasteiger partial charge on any atom is 0.220 e. The molecule has 0 aromatic heterocycles. The Balaban J connectivity index is 0.00000182. The summed E-state index contributed by atoms with van der Waals surface area (Å²) in [7, 11) is 0. The van der Waals surface area contributed by atoms with E-state index in [1.54, 1.807) is 4.90 Å². The molecule has 1 amide bonds. The van der Waals surface area contributed by atoms with Gasteiger partial charge in [-0.05, 0) is 56.3 Å². The van der Waals surface area contributed by atoms with E-state index in [4.69, 9.17) is 0 Å². The minimum absolute atomic E-state index is 0. The first-order chi connectivity index (χ1) is 12.0. The third-order valence-corrected chi connectivity index (χ3v) is 5.50. The Bertz CT molecular complexity index is 594. The van der Waals surface area contributed by atoms with Crippen molar-refractivity contribution in [1.82, 2.24) is 10.6 Å². The number of piperidine rings is 1. The van der Waals surface area contributed by atoms with Crippen molar-refractivity contribution in [3.63, 3.8) is 0 Å². The number of amides is 1. The van der Waals surface area contributed by atoms with Crippen molar-refractivity contribution in [3.05, 3.63) is 29.8 Å².